The Morgan fingerprint density at radius 3 is 2.95 bits per heavy atom. The first kappa shape index (κ1) is 17.2. The van der Waals surface area contributed by atoms with Crippen molar-refractivity contribution in [2.75, 3.05) is 25.0 Å². The highest BCUT2D eigenvalue weighted by Gasteiger charge is 2.29. The number of hydrogen-bond acceptors (Lipinski definition) is 3. The summed E-state index contributed by atoms with van der Waals surface area (Å²) in [5.74, 6) is -0.384. The Balaban J connectivity index is 0.00000176. The van der Waals surface area contributed by atoms with Crippen molar-refractivity contribution in [3.63, 3.8) is 0 Å². The lowest BCUT2D eigenvalue weighted by Crippen LogP contribution is -2.36. The molecular weight excluding hydrogens is 305 g/mol. The van der Waals surface area contributed by atoms with Gasteiger partial charge in [-0.25, -0.2) is 4.39 Å². The summed E-state index contributed by atoms with van der Waals surface area (Å²) in [5, 5.41) is 6.38. The van der Waals surface area contributed by atoms with Gasteiger partial charge in [-0.05, 0) is 44.0 Å². The van der Waals surface area contributed by atoms with Crippen molar-refractivity contribution in [2.45, 2.75) is 37.8 Å². The molecule has 2 heterocycles. The van der Waals surface area contributed by atoms with E-state index in [0.29, 0.717) is 24.2 Å². The Kier molecular flexibility index (Phi) is 6.17. The van der Waals surface area contributed by atoms with Crippen LogP contribution in [-0.2, 0) is 4.79 Å². The molecule has 1 aromatic carbocycles. The normalized spacial score (nSPS) is 24.4. The third-order valence-corrected chi connectivity index (χ3v) is 4.37. The predicted molar refractivity (Wildman–Crippen MR) is 87.9 cm³/mol. The van der Waals surface area contributed by atoms with E-state index in [1.165, 1.54) is 31.4 Å². The quantitative estimate of drug-likeness (QED) is 0.892. The first-order valence-electron chi connectivity index (χ1n) is 7.73. The molecule has 1 aromatic rings. The molecule has 2 atom stereocenters. The van der Waals surface area contributed by atoms with E-state index in [4.69, 9.17) is 0 Å². The van der Waals surface area contributed by atoms with Gasteiger partial charge >= 0.3 is 0 Å². The molecule has 122 valence electrons. The van der Waals surface area contributed by atoms with Crippen LogP contribution in [0.4, 0.5) is 10.1 Å². The molecule has 0 saturated carbocycles. The molecule has 2 N–H and O–H groups in total. The van der Waals surface area contributed by atoms with E-state index in [0.717, 1.165) is 19.6 Å². The number of fused-ring (bicyclic) bond motifs is 2. The summed E-state index contributed by atoms with van der Waals surface area (Å²) in [5.41, 5.74) is 0.525. The maximum absolute atomic E-state index is 13.1. The molecule has 0 aliphatic carbocycles. The van der Waals surface area contributed by atoms with Crippen LogP contribution in [0.1, 0.15) is 25.7 Å². The molecule has 2 saturated heterocycles. The molecule has 2 aliphatic heterocycles. The fraction of sp³-hybridized carbons (Fsp3) is 0.562. The Labute approximate surface area is 136 Å². The van der Waals surface area contributed by atoms with Crippen LogP contribution in [-0.4, -0.2) is 42.5 Å². The first-order valence-corrected chi connectivity index (χ1v) is 7.73. The van der Waals surface area contributed by atoms with E-state index in [1.54, 1.807) is 12.1 Å². The molecular formula is C16H23ClFN3O. The van der Waals surface area contributed by atoms with Gasteiger partial charge < -0.3 is 15.5 Å². The summed E-state index contributed by atoms with van der Waals surface area (Å²) in [6.07, 6.45) is 4.16. The molecule has 2 fully saturated rings. The van der Waals surface area contributed by atoms with E-state index in [1.807, 2.05) is 0 Å². The van der Waals surface area contributed by atoms with Gasteiger partial charge in [-0.15, -0.1) is 12.4 Å². The number of benzene rings is 1. The number of nitrogens with zero attached hydrogens (tertiary/aromatic N) is 1. The molecule has 0 radical (unpaired) electrons. The van der Waals surface area contributed by atoms with Gasteiger partial charge in [0, 0.05) is 37.3 Å². The topological polar surface area (TPSA) is 44.4 Å². The highest BCUT2D eigenvalue weighted by atomic mass is 35.5. The second kappa shape index (κ2) is 7.90. The molecule has 0 aromatic heterocycles. The SMILES string of the molecule is Cl.O=C(CCN1CCC2CCC(C1)N2)Nc1cccc(F)c1. The van der Waals surface area contributed by atoms with E-state index in [9.17, 15) is 9.18 Å². The van der Waals surface area contributed by atoms with Crippen molar-refractivity contribution in [3.8, 4) is 0 Å². The number of anilines is 1. The van der Waals surface area contributed by atoms with E-state index in [2.05, 4.69) is 15.5 Å². The fourth-order valence-electron chi connectivity index (χ4n) is 3.27. The molecule has 22 heavy (non-hydrogen) atoms. The third-order valence-electron chi connectivity index (χ3n) is 4.37. The van der Waals surface area contributed by atoms with Crippen molar-refractivity contribution in [1.29, 1.82) is 0 Å². The second-order valence-corrected chi connectivity index (χ2v) is 6.04. The van der Waals surface area contributed by atoms with Crippen molar-refractivity contribution in [3.05, 3.63) is 30.1 Å². The summed E-state index contributed by atoms with van der Waals surface area (Å²) in [7, 11) is 0. The van der Waals surface area contributed by atoms with Gasteiger partial charge in [0.25, 0.3) is 0 Å². The van der Waals surface area contributed by atoms with Crippen molar-refractivity contribution >= 4 is 24.0 Å². The zero-order valence-electron chi connectivity index (χ0n) is 12.6. The van der Waals surface area contributed by atoms with Crippen LogP contribution in [0.3, 0.4) is 0 Å². The predicted octanol–water partition coefficient (Wildman–Crippen LogP) is 2.40. The summed E-state index contributed by atoms with van der Waals surface area (Å²) in [6, 6.07) is 7.27. The summed E-state index contributed by atoms with van der Waals surface area (Å²) >= 11 is 0. The number of likely N-dealkylation sites (tertiary alicyclic amines) is 1. The molecule has 2 aliphatic rings. The van der Waals surface area contributed by atoms with Crippen molar-refractivity contribution < 1.29 is 9.18 Å². The largest absolute Gasteiger partial charge is 0.326 e. The maximum Gasteiger partial charge on any atom is 0.225 e. The second-order valence-electron chi connectivity index (χ2n) is 6.04. The van der Waals surface area contributed by atoms with Crippen molar-refractivity contribution in [1.82, 2.24) is 10.2 Å². The zero-order chi connectivity index (χ0) is 14.7. The van der Waals surface area contributed by atoms with Crippen LogP contribution >= 0.6 is 12.4 Å². The highest BCUT2D eigenvalue weighted by molar-refractivity contribution is 5.90. The van der Waals surface area contributed by atoms with Crippen LogP contribution in [0.15, 0.2) is 24.3 Å². The maximum atomic E-state index is 13.1. The smallest absolute Gasteiger partial charge is 0.225 e. The molecule has 3 rings (SSSR count). The van der Waals surface area contributed by atoms with Crippen LogP contribution in [0.25, 0.3) is 0 Å². The average Bonchev–Trinajstić information content (AvgIpc) is 2.77. The van der Waals surface area contributed by atoms with Gasteiger partial charge in [-0.3, -0.25) is 4.79 Å². The number of rotatable bonds is 4. The van der Waals surface area contributed by atoms with E-state index in [-0.39, 0.29) is 24.1 Å². The Bertz CT molecular complexity index is 514. The number of halogens is 2. The molecule has 2 unspecified atom stereocenters. The minimum atomic E-state index is -0.331. The molecule has 0 spiro atoms. The molecule has 4 nitrogen and oxygen atoms in total. The lowest BCUT2D eigenvalue weighted by atomic mass is 10.1. The Morgan fingerprint density at radius 1 is 1.32 bits per heavy atom. The monoisotopic (exact) mass is 327 g/mol. The van der Waals surface area contributed by atoms with Gasteiger partial charge in [0.1, 0.15) is 5.82 Å². The lowest BCUT2D eigenvalue weighted by molar-refractivity contribution is -0.116. The van der Waals surface area contributed by atoms with Crippen LogP contribution < -0.4 is 10.6 Å². The average molecular weight is 328 g/mol. The summed E-state index contributed by atoms with van der Waals surface area (Å²) in [6.45, 7) is 2.86. The minimum absolute atomic E-state index is 0. The molecule has 2 bridgehead atoms. The van der Waals surface area contributed by atoms with Crippen molar-refractivity contribution in [2.24, 2.45) is 0 Å². The lowest BCUT2D eigenvalue weighted by Gasteiger charge is -2.23. The molecule has 6 heteroatoms. The van der Waals surface area contributed by atoms with Gasteiger partial charge in [-0.1, -0.05) is 6.07 Å². The van der Waals surface area contributed by atoms with Gasteiger partial charge in [0.05, 0.1) is 0 Å². The van der Waals surface area contributed by atoms with E-state index < -0.39 is 0 Å². The number of hydrogen-bond donors (Lipinski definition) is 2. The van der Waals surface area contributed by atoms with Crippen LogP contribution in [0.2, 0.25) is 0 Å². The van der Waals surface area contributed by atoms with Gasteiger partial charge in [0.2, 0.25) is 5.91 Å². The van der Waals surface area contributed by atoms with Crippen LogP contribution in [0.5, 0.6) is 0 Å². The summed E-state index contributed by atoms with van der Waals surface area (Å²) in [4.78, 5) is 14.3. The Morgan fingerprint density at radius 2 is 2.14 bits per heavy atom. The van der Waals surface area contributed by atoms with E-state index >= 15 is 0 Å². The number of carbonyl (C=O) groups excluding carboxylic acids is 1. The van der Waals surface area contributed by atoms with Crippen LogP contribution in [0, 0.1) is 5.82 Å². The number of nitrogens with one attached hydrogen (secondary N) is 2. The zero-order valence-corrected chi connectivity index (χ0v) is 13.4. The third kappa shape index (κ3) is 4.66. The minimum Gasteiger partial charge on any atom is -0.326 e. The van der Waals surface area contributed by atoms with Gasteiger partial charge in [0.15, 0.2) is 0 Å². The first-order chi connectivity index (χ1) is 10.2. The Hall–Kier alpha value is -1.17. The highest BCUT2D eigenvalue weighted by Crippen LogP contribution is 2.20. The fourth-order valence-corrected chi connectivity index (χ4v) is 3.27. The number of carbonyl (C=O) groups is 1. The standard InChI is InChI=1S/C16H22FN3O.ClH/c17-12-2-1-3-14(10-12)19-16(21)7-9-20-8-6-13-4-5-15(11-20)18-13;/h1-3,10,13,15,18H,4-9,11H2,(H,19,21);1H. The molecule has 1 amide bonds. The summed E-state index contributed by atoms with van der Waals surface area (Å²) < 4.78 is 13.1. The number of amides is 1. The van der Waals surface area contributed by atoms with Gasteiger partial charge in [-0.2, -0.15) is 0 Å².